The zero-order valence-electron chi connectivity index (χ0n) is 15.2. The lowest BCUT2D eigenvalue weighted by Gasteiger charge is -2.27. The Morgan fingerprint density at radius 1 is 1.42 bits per heavy atom. The SMILES string of the molecule is CCOC(=O)[C@H](C[C@@H]1CCCNC1=O)NC(=O)[C@@H](N)CC(C)(C)C. The molecule has 1 saturated heterocycles. The van der Waals surface area contributed by atoms with Crippen molar-refractivity contribution in [2.45, 2.75) is 65.5 Å². The van der Waals surface area contributed by atoms with E-state index in [9.17, 15) is 14.4 Å². The highest BCUT2D eigenvalue weighted by Crippen LogP contribution is 2.21. The van der Waals surface area contributed by atoms with Gasteiger partial charge in [0.05, 0.1) is 12.6 Å². The summed E-state index contributed by atoms with van der Waals surface area (Å²) in [7, 11) is 0. The Kier molecular flexibility index (Phi) is 7.66. The lowest BCUT2D eigenvalue weighted by molar-refractivity contribution is -0.148. The molecule has 1 fully saturated rings. The van der Waals surface area contributed by atoms with Gasteiger partial charge in [-0.05, 0) is 38.0 Å². The van der Waals surface area contributed by atoms with Gasteiger partial charge in [0, 0.05) is 12.5 Å². The fraction of sp³-hybridized carbons (Fsp3) is 0.824. The fourth-order valence-electron chi connectivity index (χ4n) is 2.83. The summed E-state index contributed by atoms with van der Waals surface area (Å²) in [5.41, 5.74) is 5.84. The monoisotopic (exact) mass is 341 g/mol. The van der Waals surface area contributed by atoms with Gasteiger partial charge in [-0.15, -0.1) is 0 Å². The van der Waals surface area contributed by atoms with E-state index in [2.05, 4.69) is 10.6 Å². The minimum Gasteiger partial charge on any atom is -0.464 e. The van der Waals surface area contributed by atoms with Crippen molar-refractivity contribution >= 4 is 17.8 Å². The number of nitrogens with one attached hydrogen (secondary N) is 2. The molecule has 0 bridgehead atoms. The number of carbonyl (C=O) groups is 3. The standard InChI is InChI=1S/C17H31N3O4/c1-5-24-16(23)13(9-11-7-6-8-19-14(11)21)20-15(22)12(18)10-17(2,3)4/h11-13H,5-10,18H2,1-4H3,(H,19,21)(H,20,22)/t11-,12-,13-/m0/s1. The van der Waals surface area contributed by atoms with Crippen molar-refractivity contribution in [2.24, 2.45) is 17.1 Å². The van der Waals surface area contributed by atoms with Gasteiger partial charge < -0.3 is 21.1 Å². The minimum absolute atomic E-state index is 0.0798. The molecule has 7 heteroatoms. The van der Waals surface area contributed by atoms with Gasteiger partial charge in [-0.1, -0.05) is 20.8 Å². The zero-order chi connectivity index (χ0) is 18.3. The molecular formula is C17H31N3O4. The number of ether oxygens (including phenoxy) is 1. The van der Waals surface area contributed by atoms with Crippen molar-refractivity contribution in [1.29, 1.82) is 0 Å². The maximum absolute atomic E-state index is 12.3. The van der Waals surface area contributed by atoms with Crippen LogP contribution in [0.15, 0.2) is 0 Å². The molecule has 1 aliphatic heterocycles. The van der Waals surface area contributed by atoms with Crippen LogP contribution < -0.4 is 16.4 Å². The lowest BCUT2D eigenvalue weighted by Crippen LogP contribution is -2.51. The molecular weight excluding hydrogens is 310 g/mol. The highest BCUT2D eigenvalue weighted by Gasteiger charge is 2.32. The number of esters is 1. The van der Waals surface area contributed by atoms with Gasteiger partial charge in [0.15, 0.2) is 0 Å². The summed E-state index contributed by atoms with van der Waals surface area (Å²) in [5.74, 6) is -1.29. The molecule has 0 radical (unpaired) electrons. The summed E-state index contributed by atoms with van der Waals surface area (Å²) in [6, 6.07) is -1.56. The molecule has 1 heterocycles. The van der Waals surface area contributed by atoms with E-state index in [4.69, 9.17) is 10.5 Å². The van der Waals surface area contributed by atoms with Gasteiger partial charge >= 0.3 is 5.97 Å². The van der Waals surface area contributed by atoms with Crippen LogP contribution in [0.5, 0.6) is 0 Å². The largest absolute Gasteiger partial charge is 0.464 e. The summed E-state index contributed by atoms with van der Waals surface area (Å²) in [4.78, 5) is 36.4. The average molecular weight is 341 g/mol. The van der Waals surface area contributed by atoms with Crippen LogP contribution in [0.2, 0.25) is 0 Å². The summed E-state index contributed by atoms with van der Waals surface area (Å²) in [5, 5.41) is 5.46. The number of amides is 2. The normalized spacial score (nSPS) is 20.7. The number of hydrogen-bond acceptors (Lipinski definition) is 5. The van der Waals surface area contributed by atoms with Gasteiger partial charge in [-0.2, -0.15) is 0 Å². The quantitative estimate of drug-likeness (QED) is 0.591. The Morgan fingerprint density at radius 3 is 2.62 bits per heavy atom. The first-order chi connectivity index (χ1) is 11.1. The van der Waals surface area contributed by atoms with Crippen LogP contribution >= 0.6 is 0 Å². The minimum atomic E-state index is -0.850. The van der Waals surface area contributed by atoms with Crippen LogP contribution in [-0.2, 0) is 19.1 Å². The molecule has 0 aromatic rings. The smallest absolute Gasteiger partial charge is 0.328 e. The molecule has 138 valence electrons. The van der Waals surface area contributed by atoms with E-state index in [1.54, 1.807) is 6.92 Å². The average Bonchev–Trinajstić information content (AvgIpc) is 2.47. The molecule has 1 rings (SSSR count). The van der Waals surface area contributed by atoms with Gasteiger partial charge in [0.2, 0.25) is 11.8 Å². The van der Waals surface area contributed by atoms with Crippen LogP contribution in [0, 0.1) is 11.3 Å². The predicted molar refractivity (Wildman–Crippen MR) is 91.0 cm³/mol. The Balaban J connectivity index is 2.72. The first-order valence-corrected chi connectivity index (χ1v) is 8.64. The first-order valence-electron chi connectivity index (χ1n) is 8.64. The van der Waals surface area contributed by atoms with E-state index in [0.29, 0.717) is 19.4 Å². The number of hydrogen-bond donors (Lipinski definition) is 3. The van der Waals surface area contributed by atoms with Crippen molar-refractivity contribution in [3.63, 3.8) is 0 Å². The van der Waals surface area contributed by atoms with Crippen molar-refractivity contribution in [1.82, 2.24) is 10.6 Å². The maximum atomic E-state index is 12.3. The van der Waals surface area contributed by atoms with E-state index in [0.717, 1.165) is 6.42 Å². The van der Waals surface area contributed by atoms with E-state index in [-0.39, 0.29) is 36.2 Å². The number of piperidine rings is 1. The molecule has 4 N–H and O–H groups in total. The Labute approximate surface area is 144 Å². The molecule has 7 nitrogen and oxygen atoms in total. The first kappa shape index (κ1) is 20.4. The van der Waals surface area contributed by atoms with Crippen LogP contribution in [0.1, 0.15) is 53.4 Å². The summed E-state index contributed by atoms with van der Waals surface area (Å²) in [6.45, 7) is 8.56. The Morgan fingerprint density at radius 2 is 2.08 bits per heavy atom. The molecule has 0 saturated carbocycles. The molecule has 2 amide bonds. The number of carbonyl (C=O) groups excluding carboxylic acids is 3. The zero-order valence-corrected chi connectivity index (χ0v) is 15.2. The van der Waals surface area contributed by atoms with E-state index < -0.39 is 18.1 Å². The molecule has 0 aromatic heterocycles. The van der Waals surface area contributed by atoms with Crippen molar-refractivity contribution < 1.29 is 19.1 Å². The van der Waals surface area contributed by atoms with Crippen molar-refractivity contribution in [3.05, 3.63) is 0 Å². The highest BCUT2D eigenvalue weighted by molar-refractivity contribution is 5.88. The van der Waals surface area contributed by atoms with Crippen LogP contribution in [0.25, 0.3) is 0 Å². The Bertz CT molecular complexity index is 459. The summed E-state index contributed by atoms with van der Waals surface area (Å²) in [6.07, 6.45) is 2.30. The van der Waals surface area contributed by atoms with Crippen LogP contribution in [0.3, 0.4) is 0 Å². The topological polar surface area (TPSA) is 111 Å². The van der Waals surface area contributed by atoms with Gasteiger partial charge in [0.1, 0.15) is 6.04 Å². The summed E-state index contributed by atoms with van der Waals surface area (Å²) < 4.78 is 5.04. The maximum Gasteiger partial charge on any atom is 0.328 e. The van der Waals surface area contributed by atoms with E-state index >= 15 is 0 Å². The van der Waals surface area contributed by atoms with Gasteiger partial charge in [-0.25, -0.2) is 4.79 Å². The molecule has 0 aromatic carbocycles. The predicted octanol–water partition coefficient (Wildman–Crippen LogP) is 0.714. The molecule has 0 unspecified atom stereocenters. The van der Waals surface area contributed by atoms with Gasteiger partial charge in [-0.3, -0.25) is 9.59 Å². The van der Waals surface area contributed by atoms with Crippen molar-refractivity contribution in [3.8, 4) is 0 Å². The molecule has 1 aliphatic rings. The molecule has 3 atom stereocenters. The third-order valence-corrected chi connectivity index (χ3v) is 3.98. The Hall–Kier alpha value is -1.63. The summed E-state index contributed by atoms with van der Waals surface area (Å²) >= 11 is 0. The molecule has 24 heavy (non-hydrogen) atoms. The van der Waals surface area contributed by atoms with Crippen molar-refractivity contribution in [2.75, 3.05) is 13.2 Å². The highest BCUT2D eigenvalue weighted by atomic mass is 16.5. The third kappa shape index (κ3) is 6.86. The van der Waals surface area contributed by atoms with Gasteiger partial charge in [0.25, 0.3) is 0 Å². The second-order valence-corrected chi connectivity index (χ2v) is 7.55. The number of rotatable bonds is 7. The lowest BCUT2D eigenvalue weighted by atomic mass is 9.87. The van der Waals surface area contributed by atoms with E-state index in [1.165, 1.54) is 0 Å². The number of nitrogens with two attached hydrogens (primary N) is 1. The molecule has 0 spiro atoms. The molecule has 0 aliphatic carbocycles. The second kappa shape index (κ2) is 9.01. The van der Waals surface area contributed by atoms with E-state index in [1.807, 2.05) is 20.8 Å². The second-order valence-electron chi connectivity index (χ2n) is 7.55. The van der Waals surface area contributed by atoms with Crippen LogP contribution in [0.4, 0.5) is 0 Å². The van der Waals surface area contributed by atoms with Crippen LogP contribution in [-0.4, -0.2) is 43.0 Å². The fourth-order valence-corrected chi connectivity index (χ4v) is 2.83. The third-order valence-electron chi connectivity index (χ3n) is 3.98.